The molecule has 3 nitrogen and oxygen atoms in total. The molecule has 0 aromatic heterocycles. The number of carbonyl (C=O) groups is 1. The molecule has 0 unspecified atom stereocenters. The van der Waals surface area contributed by atoms with Gasteiger partial charge in [0.05, 0.1) is 12.1 Å². The van der Waals surface area contributed by atoms with E-state index in [1.807, 2.05) is 24.3 Å². The van der Waals surface area contributed by atoms with Crippen molar-refractivity contribution in [2.24, 2.45) is 0 Å². The molecule has 2 rings (SSSR count). The molecular formula is C12H14BrNO2. The standard InChI is InChI=1S/C12H14BrNO2/c1-8(15)14-7-11(16)6-12(14)9-3-2-4-10(13)5-9/h2-5,11-12,16H,6-7H2,1H3/t11-,12+/m1/s1. The predicted molar refractivity (Wildman–Crippen MR) is 64.9 cm³/mol. The predicted octanol–water partition coefficient (Wildman–Crippen LogP) is 2.10. The maximum absolute atomic E-state index is 11.5. The topological polar surface area (TPSA) is 40.5 Å². The minimum absolute atomic E-state index is 0.00463. The van der Waals surface area contributed by atoms with Gasteiger partial charge in [0.2, 0.25) is 5.91 Å². The van der Waals surface area contributed by atoms with Crippen LogP contribution in [0.5, 0.6) is 0 Å². The molecule has 0 saturated carbocycles. The average molecular weight is 284 g/mol. The van der Waals surface area contributed by atoms with Crippen LogP contribution in [0.2, 0.25) is 0 Å². The normalized spacial score (nSPS) is 24.8. The average Bonchev–Trinajstić information content (AvgIpc) is 2.60. The Bertz CT molecular complexity index is 408. The molecule has 0 bridgehead atoms. The summed E-state index contributed by atoms with van der Waals surface area (Å²) in [4.78, 5) is 13.2. The van der Waals surface area contributed by atoms with Crippen molar-refractivity contribution in [3.05, 3.63) is 34.3 Å². The molecule has 1 amide bonds. The fraction of sp³-hybridized carbons (Fsp3) is 0.417. The fourth-order valence-electron chi connectivity index (χ4n) is 2.19. The highest BCUT2D eigenvalue weighted by Crippen LogP contribution is 2.33. The zero-order valence-corrected chi connectivity index (χ0v) is 10.6. The van der Waals surface area contributed by atoms with Crippen LogP contribution in [0, 0.1) is 0 Å². The third-order valence-corrected chi connectivity index (χ3v) is 3.41. The number of halogens is 1. The summed E-state index contributed by atoms with van der Waals surface area (Å²) < 4.78 is 0.995. The monoisotopic (exact) mass is 283 g/mol. The lowest BCUT2D eigenvalue weighted by molar-refractivity contribution is -0.130. The highest BCUT2D eigenvalue weighted by Gasteiger charge is 2.33. The van der Waals surface area contributed by atoms with E-state index in [-0.39, 0.29) is 11.9 Å². The summed E-state index contributed by atoms with van der Waals surface area (Å²) in [6.07, 6.45) is 0.212. The van der Waals surface area contributed by atoms with E-state index in [2.05, 4.69) is 15.9 Å². The quantitative estimate of drug-likeness (QED) is 0.858. The Balaban J connectivity index is 2.28. The summed E-state index contributed by atoms with van der Waals surface area (Å²) in [6.45, 7) is 1.98. The van der Waals surface area contributed by atoms with Crippen molar-refractivity contribution >= 4 is 21.8 Å². The second-order valence-electron chi connectivity index (χ2n) is 4.13. The Kier molecular flexibility index (Phi) is 3.30. The van der Waals surface area contributed by atoms with Gasteiger partial charge in [0, 0.05) is 17.9 Å². The van der Waals surface area contributed by atoms with Gasteiger partial charge in [-0.05, 0) is 24.1 Å². The minimum atomic E-state index is -0.409. The van der Waals surface area contributed by atoms with Crippen molar-refractivity contribution in [2.75, 3.05) is 6.54 Å². The summed E-state index contributed by atoms with van der Waals surface area (Å²) in [7, 11) is 0. The fourth-order valence-corrected chi connectivity index (χ4v) is 2.61. The summed E-state index contributed by atoms with van der Waals surface area (Å²) in [5.74, 6) is 0.0153. The molecule has 2 atom stereocenters. The molecule has 1 N–H and O–H groups in total. The van der Waals surface area contributed by atoms with Crippen LogP contribution in [0.3, 0.4) is 0 Å². The van der Waals surface area contributed by atoms with Gasteiger partial charge in [-0.25, -0.2) is 0 Å². The number of amides is 1. The number of rotatable bonds is 1. The number of likely N-dealkylation sites (tertiary alicyclic amines) is 1. The van der Waals surface area contributed by atoms with Gasteiger partial charge in [-0.15, -0.1) is 0 Å². The maximum atomic E-state index is 11.5. The highest BCUT2D eigenvalue weighted by molar-refractivity contribution is 9.10. The molecule has 16 heavy (non-hydrogen) atoms. The molecule has 1 heterocycles. The smallest absolute Gasteiger partial charge is 0.220 e. The van der Waals surface area contributed by atoms with Crippen molar-refractivity contribution in [2.45, 2.75) is 25.5 Å². The van der Waals surface area contributed by atoms with E-state index in [1.165, 1.54) is 0 Å². The van der Waals surface area contributed by atoms with Gasteiger partial charge in [0.25, 0.3) is 0 Å². The number of aliphatic hydroxyl groups excluding tert-OH is 1. The summed E-state index contributed by atoms with van der Waals surface area (Å²) in [6, 6.07) is 7.89. The van der Waals surface area contributed by atoms with Gasteiger partial charge in [-0.1, -0.05) is 28.1 Å². The second-order valence-corrected chi connectivity index (χ2v) is 5.05. The number of β-amino-alcohol motifs (C(OH)–C–C–N with tert-alkyl or cyclic N) is 1. The van der Waals surface area contributed by atoms with Crippen LogP contribution < -0.4 is 0 Å². The molecule has 0 radical (unpaired) electrons. The van der Waals surface area contributed by atoms with Crippen molar-refractivity contribution in [3.8, 4) is 0 Å². The first-order valence-electron chi connectivity index (χ1n) is 5.28. The molecule has 0 aliphatic carbocycles. The number of hydrogen-bond acceptors (Lipinski definition) is 2. The molecule has 1 aromatic rings. The highest BCUT2D eigenvalue weighted by atomic mass is 79.9. The van der Waals surface area contributed by atoms with Gasteiger partial charge in [0.15, 0.2) is 0 Å². The number of benzene rings is 1. The maximum Gasteiger partial charge on any atom is 0.220 e. The lowest BCUT2D eigenvalue weighted by atomic mass is 10.0. The molecule has 1 saturated heterocycles. The molecule has 1 aromatic carbocycles. The van der Waals surface area contributed by atoms with E-state index in [0.29, 0.717) is 13.0 Å². The van der Waals surface area contributed by atoms with E-state index < -0.39 is 6.10 Å². The zero-order valence-electron chi connectivity index (χ0n) is 9.06. The molecule has 4 heteroatoms. The van der Waals surface area contributed by atoms with E-state index in [9.17, 15) is 9.90 Å². The summed E-state index contributed by atoms with van der Waals surface area (Å²) in [5.41, 5.74) is 1.07. The number of carbonyl (C=O) groups excluding carboxylic acids is 1. The lowest BCUT2D eigenvalue weighted by Crippen LogP contribution is -2.29. The van der Waals surface area contributed by atoms with E-state index in [1.54, 1.807) is 11.8 Å². The van der Waals surface area contributed by atoms with Crippen LogP contribution in [0.1, 0.15) is 24.9 Å². The zero-order chi connectivity index (χ0) is 11.7. The first-order valence-corrected chi connectivity index (χ1v) is 6.08. The van der Waals surface area contributed by atoms with Crippen molar-refractivity contribution in [3.63, 3.8) is 0 Å². The Morgan fingerprint density at radius 1 is 1.56 bits per heavy atom. The van der Waals surface area contributed by atoms with Gasteiger partial charge in [-0.2, -0.15) is 0 Å². The molecule has 1 fully saturated rings. The van der Waals surface area contributed by atoms with Crippen LogP contribution in [0.25, 0.3) is 0 Å². The van der Waals surface area contributed by atoms with E-state index >= 15 is 0 Å². The van der Waals surface area contributed by atoms with Gasteiger partial charge in [-0.3, -0.25) is 4.79 Å². The third-order valence-electron chi connectivity index (χ3n) is 2.92. The first kappa shape index (κ1) is 11.6. The van der Waals surface area contributed by atoms with E-state index in [0.717, 1.165) is 10.0 Å². The summed E-state index contributed by atoms with van der Waals surface area (Å²) >= 11 is 3.42. The summed E-state index contributed by atoms with van der Waals surface area (Å²) in [5, 5.41) is 9.64. The number of hydrogen-bond donors (Lipinski definition) is 1. The number of aliphatic hydroxyl groups is 1. The Labute approximate surface area is 103 Å². The van der Waals surface area contributed by atoms with Crippen molar-refractivity contribution in [1.29, 1.82) is 0 Å². The van der Waals surface area contributed by atoms with Crippen LogP contribution in [-0.4, -0.2) is 28.6 Å². The number of nitrogens with zero attached hydrogens (tertiary/aromatic N) is 1. The van der Waals surface area contributed by atoms with E-state index in [4.69, 9.17) is 0 Å². The Morgan fingerprint density at radius 3 is 2.94 bits per heavy atom. The first-order chi connectivity index (χ1) is 7.58. The molecule has 86 valence electrons. The minimum Gasteiger partial charge on any atom is -0.391 e. The van der Waals surface area contributed by atoms with Crippen LogP contribution in [0.4, 0.5) is 0 Å². The largest absolute Gasteiger partial charge is 0.391 e. The van der Waals surface area contributed by atoms with Crippen LogP contribution in [0.15, 0.2) is 28.7 Å². The van der Waals surface area contributed by atoms with Gasteiger partial charge >= 0.3 is 0 Å². The van der Waals surface area contributed by atoms with Crippen LogP contribution in [-0.2, 0) is 4.79 Å². The van der Waals surface area contributed by atoms with Gasteiger partial charge < -0.3 is 10.0 Å². The van der Waals surface area contributed by atoms with Crippen molar-refractivity contribution in [1.82, 2.24) is 4.90 Å². The second kappa shape index (κ2) is 4.55. The van der Waals surface area contributed by atoms with Gasteiger partial charge in [0.1, 0.15) is 0 Å². The van der Waals surface area contributed by atoms with Crippen molar-refractivity contribution < 1.29 is 9.90 Å². The Morgan fingerprint density at radius 2 is 2.31 bits per heavy atom. The lowest BCUT2D eigenvalue weighted by Gasteiger charge is -2.23. The molecule has 1 aliphatic rings. The Hall–Kier alpha value is -0.870. The molecule has 0 spiro atoms. The third kappa shape index (κ3) is 2.28. The molecular weight excluding hydrogens is 270 g/mol. The SMILES string of the molecule is CC(=O)N1C[C@H](O)C[C@H]1c1cccc(Br)c1. The molecule has 1 aliphatic heterocycles. The van der Waals surface area contributed by atoms with Crippen LogP contribution >= 0.6 is 15.9 Å².